The maximum absolute atomic E-state index is 4.16. The van der Waals surface area contributed by atoms with E-state index >= 15 is 0 Å². The molecule has 2 heterocycles. The van der Waals surface area contributed by atoms with Gasteiger partial charge in [-0.1, -0.05) is 15.9 Å². The highest BCUT2D eigenvalue weighted by Crippen LogP contribution is 2.34. The van der Waals surface area contributed by atoms with Gasteiger partial charge in [0.25, 0.3) is 0 Å². The number of benzene rings is 1. The van der Waals surface area contributed by atoms with Gasteiger partial charge in [0.05, 0.1) is 0 Å². The van der Waals surface area contributed by atoms with Crippen molar-refractivity contribution in [2.75, 3.05) is 0 Å². The summed E-state index contributed by atoms with van der Waals surface area (Å²) in [6.45, 7) is 0. The molecule has 0 N–H and O–H groups in total. The van der Waals surface area contributed by atoms with Crippen molar-refractivity contribution in [2.45, 2.75) is 0 Å². The van der Waals surface area contributed by atoms with Gasteiger partial charge in [-0.2, -0.15) is 0 Å². The van der Waals surface area contributed by atoms with E-state index in [0.29, 0.717) is 0 Å². The summed E-state index contributed by atoms with van der Waals surface area (Å²) >= 11 is 5.30. The third-order valence-corrected chi connectivity index (χ3v) is 3.88. The Morgan fingerprint density at radius 3 is 2.86 bits per heavy atom. The smallest absolute Gasteiger partial charge is 0.0386 e. The zero-order valence-corrected chi connectivity index (χ0v) is 9.60. The zero-order valence-electron chi connectivity index (χ0n) is 7.20. The Balaban J connectivity index is 2.58. The van der Waals surface area contributed by atoms with Crippen molar-refractivity contribution in [3.05, 3.63) is 41.1 Å². The SMILES string of the molecule is Brc1ccc2sc3ccncc3c2c1. The minimum absolute atomic E-state index is 1.12. The van der Waals surface area contributed by atoms with Crippen LogP contribution in [0, 0.1) is 0 Å². The van der Waals surface area contributed by atoms with E-state index in [1.165, 1.54) is 20.2 Å². The van der Waals surface area contributed by atoms with Gasteiger partial charge in [0.2, 0.25) is 0 Å². The van der Waals surface area contributed by atoms with Gasteiger partial charge in [-0.15, -0.1) is 11.3 Å². The van der Waals surface area contributed by atoms with Crippen LogP contribution in [0.2, 0.25) is 0 Å². The van der Waals surface area contributed by atoms with E-state index in [9.17, 15) is 0 Å². The molecule has 0 saturated carbocycles. The largest absolute Gasteiger partial charge is 0.264 e. The second-order valence-electron chi connectivity index (χ2n) is 3.11. The van der Waals surface area contributed by atoms with E-state index in [1.54, 1.807) is 0 Å². The van der Waals surface area contributed by atoms with Crippen molar-refractivity contribution < 1.29 is 0 Å². The summed E-state index contributed by atoms with van der Waals surface area (Å²) < 4.78 is 3.73. The second-order valence-corrected chi connectivity index (χ2v) is 5.11. The molecule has 0 fully saturated rings. The van der Waals surface area contributed by atoms with Crippen molar-refractivity contribution in [1.29, 1.82) is 0 Å². The van der Waals surface area contributed by atoms with E-state index < -0.39 is 0 Å². The standard InChI is InChI=1S/C11H6BrNS/c12-7-1-2-10-8(5-7)9-6-13-4-3-11(9)14-10/h1-6H. The van der Waals surface area contributed by atoms with E-state index in [1.807, 2.05) is 23.7 Å². The first-order valence-electron chi connectivity index (χ1n) is 4.26. The molecule has 0 aliphatic carbocycles. The molecular formula is C11H6BrNS. The van der Waals surface area contributed by atoms with E-state index in [2.05, 4.69) is 45.2 Å². The Labute approximate surface area is 93.5 Å². The maximum Gasteiger partial charge on any atom is 0.0386 e. The molecule has 14 heavy (non-hydrogen) atoms. The summed E-state index contributed by atoms with van der Waals surface area (Å²) in [7, 11) is 0. The molecule has 0 bridgehead atoms. The Bertz CT molecular complexity index is 615. The van der Waals surface area contributed by atoms with Gasteiger partial charge < -0.3 is 0 Å². The van der Waals surface area contributed by atoms with Crippen LogP contribution >= 0.6 is 27.3 Å². The molecule has 3 heteroatoms. The molecule has 0 amide bonds. The summed E-state index contributed by atoms with van der Waals surface area (Å²) in [4.78, 5) is 4.16. The summed E-state index contributed by atoms with van der Waals surface area (Å²) in [5.74, 6) is 0. The van der Waals surface area contributed by atoms with Crippen molar-refractivity contribution in [1.82, 2.24) is 4.98 Å². The lowest BCUT2D eigenvalue weighted by atomic mass is 10.2. The Hall–Kier alpha value is -0.930. The van der Waals surface area contributed by atoms with Crippen LogP contribution in [0.5, 0.6) is 0 Å². The van der Waals surface area contributed by atoms with Gasteiger partial charge in [0.15, 0.2) is 0 Å². The van der Waals surface area contributed by atoms with E-state index in [4.69, 9.17) is 0 Å². The quantitative estimate of drug-likeness (QED) is 0.592. The number of rotatable bonds is 0. The molecule has 3 aromatic rings. The number of hydrogen-bond acceptors (Lipinski definition) is 2. The van der Waals surface area contributed by atoms with Crippen molar-refractivity contribution in [2.24, 2.45) is 0 Å². The summed E-state index contributed by atoms with van der Waals surface area (Å²) in [6.07, 6.45) is 3.77. The lowest BCUT2D eigenvalue weighted by Gasteiger charge is -1.91. The molecule has 0 aliphatic rings. The lowest BCUT2D eigenvalue weighted by molar-refractivity contribution is 1.37. The predicted molar refractivity (Wildman–Crippen MR) is 64.8 cm³/mol. The van der Waals surface area contributed by atoms with Gasteiger partial charge in [-0.3, -0.25) is 4.98 Å². The maximum atomic E-state index is 4.16. The molecule has 0 saturated heterocycles. The summed E-state index contributed by atoms with van der Waals surface area (Å²) in [5, 5.41) is 2.53. The fourth-order valence-corrected chi connectivity index (χ4v) is 3.01. The average molecular weight is 264 g/mol. The number of fused-ring (bicyclic) bond motifs is 3. The van der Waals surface area contributed by atoms with E-state index in [0.717, 1.165) is 4.47 Å². The number of thiophene rings is 1. The molecule has 1 nitrogen and oxygen atoms in total. The normalized spacial score (nSPS) is 11.2. The first-order valence-corrected chi connectivity index (χ1v) is 5.87. The van der Waals surface area contributed by atoms with Crippen molar-refractivity contribution in [3.8, 4) is 0 Å². The van der Waals surface area contributed by atoms with Crippen LogP contribution in [0.3, 0.4) is 0 Å². The number of nitrogens with zero attached hydrogens (tertiary/aromatic N) is 1. The second kappa shape index (κ2) is 3.04. The molecule has 1 aromatic carbocycles. The topological polar surface area (TPSA) is 12.9 Å². The Morgan fingerprint density at radius 1 is 1.07 bits per heavy atom. The highest BCUT2D eigenvalue weighted by atomic mass is 79.9. The van der Waals surface area contributed by atoms with Crippen LogP contribution < -0.4 is 0 Å². The van der Waals surface area contributed by atoms with Crippen LogP contribution in [-0.4, -0.2) is 4.98 Å². The number of halogens is 1. The van der Waals surface area contributed by atoms with Crippen LogP contribution in [0.25, 0.3) is 20.2 Å². The Kier molecular flexibility index (Phi) is 1.82. The van der Waals surface area contributed by atoms with Crippen LogP contribution in [0.4, 0.5) is 0 Å². The predicted octanol–water partition coefficient (Wildman–Crippen LogP) is 4.21. The summed E-state index contributed by atoms with van der Waals surface area (Å²) in [5.41, 5.74) is 0. The number of pyridine rings is 1. The van der Waals surface area contributed by atoms with Crippen molar-refractivity contribution >= 4 is 47.4 Å². The highest BCUT2D eigenvalue weighted by Gasteiger charge is 2.04. The molecular weight excluding hydrogens is 258 g/mol. The zero-order chi connectivity index (χ0) is 9.54. The van der Waals surface area contributed by atoms with Crippen LogP contribution in [-0.2, 0) is 0 Å². The Morgan fingerprint density at radius 2 is 1.93 bits per heavy atom. The number of hydrogen-bond donors (Lipinski definition) is 0. The molecule has 68 valence electrons. The molecule has 0 spiro atoms. The number of aromatic nitrogens is 1. The lowest BCUT2D eigenvalue weighted by Crippen LogP contribution is -1.69. The van der Waals surface area contributed by atoms with Crippen molar-refractivity contribution in [3.63, 3.8) is 0 Å². The van der Waals surface area contributed by atoms with E-state index in [-0.39, 0.29) is 0 Å². The first-order chi connectivity index (χ1) is 6.84. The molecule has 0 unspecified atom stereocenters. The molecule has 0 aliphatic heterocycles. The third-order valence-electron chi connectivity index (χ3n) is 2.23. The van der Waals surface area contributed by atoms with Crippen LogP contribution in [0.15, 0.2) is 41.1 Å². The van der Waals surface area contributed by atoms with Gasteiger partial charge in [0.1, 0.15) is 0 Å². The fraction of sp³-hybridized carbons (Fsp3) is 0. The molecule has 0 atom stereocenters. The fourth-order valence-electron chi connectivity index (χ4n) is 1.59. The van der Waals surface area contributed by atoms with Gasteiger partial charge in [-0.25, -0.2) is 0 Å². The van der Waals surface area contributed by atoms with Gasteiger partial charge in [0, 0.05) is 37.0 Å². The molecule has 3 rings (SSSR count). The first kappa shape index (κ1) is 8.38. The van der Waals surface area contributed by atoms with Crippen LogP contribution in [0.1, 0.15) is 0 Å². The average Bonchev–Trinajstić information content (AvgIpc) is 2.56. The monoisotopic (exact) mass is 263 g/mol. The minimum Gasteiger partial charge on any atom is -0.264 e. The molecule has 2 aromatic heterocycles. The van der Waals surface area contributed by atoms with Gasteiger partial charge >= 0.3 is 0 Å². The van der Waals surface area contributed by atoms with Gasteiger partial charge in [-0.05, 0) is 24.3 Å². The minimum atomic E-state index is 1.12. The summed E-state index contributed by atoms with van der Waals surface area (Å²) in [6, 6.07) is 8.43. The molecule has 0 radical (unpaired) electrons. The third kappa shape index (κ3) is 1.16. The highest BCUT2D eigenvalue weighted by molar-refractivity contribution is 9.10.